The Morgan fingerprint density at radius 1 is 0.311 bits per heavy atom. The maximum absolute atomic E-state index is 2.70. The zero-order valence-corrected chi connectivity index (χ0v) is 44.8. The van der Waals surface area contributed by atoms with Crippen molar-refractivity contribution in [2.75, 3.05) is 9.80 Å². The van der Waals surface area contributed by atoms with Crippen molar-refractivity contribution in [2.45, 2.75) is 93.9 Å². The van der Waals surface area contributed by atoms with Gasteiger partial charge in [-0.1, -0.05) is 130 Å². The lowest BCUT2D eigenvalue weighted by molar-refractivity contribution is 0.590. The van der Waals surface area contributed by atoms with Gasteiger partial charge in [-0.15, -0.1) is 0 Å². The van der Waals surface area contributed by atoms with E-state index in [9.17, 15) is 0 Å². The Balaban J connectivity index is 1.14. The van der Waals surface area contributed by atoms with Crippen molar-refractivity contribution in [3.63, 3.8) is 0 Å². The fraction of sp³-hybridized carbons (Fsp3) is 0.206. The van der Waals surface area contributed by atoms with E-state index in [1.54, 1.807) is 0 Å². The molecule has 9 aromatic carbocycles. The van der Waals surface area contributed by atoms with Gasteiger partial charge in [-0.25, -0.2) is 0 Å². The lowest BCUT2D eigenvalue weighted by Crippen LogP contribution is -2.64. The summed E-state index contributed by atoms with van der Waals surface area (Å²) in [6.07, 6.45) is 0. The predicted molar refractivity (Wildman–Crippen MR) is 320 cm³/mol. The molecule has 15 rings (SSSR count). The van der Waals surface area contributed by atoms with Gasteiger partial charge in [-0.3, -0.25) is 0 Å². The Bertz CT molecular complexity index is 4070. The van der Waals surface area contributed by atoms with E-state index in [2.05, 4.69) is 248 Å². The van der Waals surface area contributed by atoms with Gasteiger partial charge in [0.15, 0.2) is 0 Å². The zero-order valence-electron chi connectivity index (χ0n) is 44.8. The number of anilines is 6. The molecule has 74 heavy (non-hydrogen) atoms. The molecular weight excluding hydrogens is 894 g/mol. The third kappa shape index (κ3) is 5.83. The molecule has 0 atom stereocenters. The summed E-state index contributed by atoms with van der Waals surface area (Å²) < 4.78 is 5.28. The molecule has 11 aromatic rings. The van der Waals surface area contributed by atoms with Gasteiger partial charge in [0.1, 0.15) is 0 Å². The molecule has 0 bridgehead atoms. The van der Waals surface area contributed by atoms with Gasteiger partial charge in [-0.05, 0) is 187 Å². The molecular formula is C68H60B2N4. The number of hydrogen-bond acceptors (Lipinski definition) is 2. The number of aryl methyl sites for hydroxylation is 6. The van der Waals surface area contributed by atoms with Crippen molar-refractivity contribution >= 4 is 124 Å². The maximum atomic E-state index is 2.70. The molecule has 2 aromatic heterocycles. The fourth-order valence-corrected chi connectivity index (χ4v) is 13.9. The number of benzene rings is 9. The van der Waals surface area contributed by atoms with Gasteiger partial charge >= 0.3 is 0 Å². The average Bonchev–Trinajstić information content (AvgIpc) is 3.90. The Kier molecular flexibility index (Phi) is 8.61. The summed E-state index contributed by atoms with van der Waals surface area (Å²) in [7, 11) is 0. The third-order valence-corrected chi connectivity index (χ3v) is 17.4. The highest BCUT2D eigenvalue weighted by Crippen LogP contribution is 2.48. The molecule has 0 spiro atoms. The minimum absolute atomic E-state index is 0.0242. The molecule has 0 radical (unpaired) electrons. The van der Waals surface area contributed by atoms with Crippen LogP contribution in [0.2, 0.25) is 0 Å². The fourth-order valence-electron chi connectivity index (χ4n) is 13.9. The topological polar surface area (TPSA) is 16.3 Å². The van der Waals surface area contributed by atoms with Crippen LogP contribution in [0.5, 0.6) is 0 Å². The Hall–Kier alpha value is -7.69. The first-order valence-electron chi connectivity index (χ1n) is 26.8. The molecule has 0 aliphatic carbocycles. The van der Waals surface area contributed by atoms with E-state index < -0.39 is 0 Å². The van der Waals surface area contributed by atoms with E-state index in [0.29, 0.717) is 0 Å². The number of hydrogen-bond donors (Lipinski definition) is 0. The number of rotatable bonds is 2. The summed E-state index contributed by atoms with van der Waals surface area (Å²) in [5.41, 5.74) is 33.4. The van der Waals surface area contributed by atoms with Crippen molar-refractivity contribution < 1.29 is 0 Å². The summed E-state index contributed by atoms with van der Waals surface area (Å²) >= 11 is 0. The van der Waals surface area contributed by atoms with Gasteiger partial charge in [0.25, 0.3) is 13.4 Å². The van der Waals surface area contributed by atoms with Gasteiger partial charge in [0, 0.05) is 78.1 Å². The summed E-state index contributed by atoms with van der Waals surface area (Å²) in [5, 5.41) is 5.32. The van der Waals surface area contributed by atoms with Crippen LogP contribution in [0.4, 0.5) is 34.1 Å². The number of aromatic nitrogens is 2. The molecule has 0 saturated heterocycles. The van der Waals surface area contributed by atoms with Crippen LogP contribution in [0, 0.1) is 41.5 Å². The van der Waals surface area contributed by atoms with E-state index >= 15 is 0 Å². The van der Waals surface area contributed by atoms with Crippen molar-refractivity contribution in [3.05, 3.63) is 190 Å². The normalized spacial score (nSPS) is 14.1. The second-order valence-electron chi connectivity index (χ2n) is 24.7. The monoisotopic (exact) mass is 955 g/mol. The molecule has 6 heteroatoms. The molecule has 6 heterocycles. The second kappa shape index (κ2) is 14.5. The molecule has 0 unspecified atom stereocenters. The van der Waals surface area contributed by atoms with E-state index in [1.165, 1.54) is 166 Å². The second-order valence-corrected chi connectivity index (χ2v) is 24.7. The SMILES string of the molecule is Cc1ccc(N2c3cc4c(cc3B3c5c2cc(C(C)(C)C)cc5-n2c5ccc(C)cc5c5cc(C)cc3c52)B2c3c(cc(C(C)(C)C)cc3-n3c5ccc(C)cc5c5cc(C)cc2c53)N4c2ccc(C)cc2)cc1. The quantitative estimate of drug-likeness (QED) is 0.161. The van der Waals surface area contributed by atoms with Crippen molar-refractivity contribution in [2.24, 2.45) is 0 Å². The van der Waals surface area contributed by atoms with Crippen LogP contribution in [0.1, 0.15) is 86.1 Å². The Labute approximate surface area is 436 Å². The van der Waals surface area contributed by atoms with Crippen molar-refractivity contribution in [1.82, 2.24) is 9.13 Å². The van der Waals surface area contributed by atoms with E-state index in [1.807, 2.05) is 0 Å². The number of nitrogens with zero attached hydrogens (tertiary/aromatic N) is 4. The lowest BCUT2D eigenvalue weighted by atomic mass is 9.30. The van der Waals surface area contributed by atoms with Crippen LogP contribution in [-0.4, -0.2) is 22.6 Å². The first-order chi connectivity index (χ1) is 35.4. The lowest BCUT2D eigenvalue weighted by Gasteiger charge is -2.45. The van der Waals surface area contributed by atoms with Crippen molar-refractivity contribution in [1.29, 1.82) is 0 Å². The minimum atomic E-state index is -0.113. The van der Waals surface area contributed by atoms with Crippen LogP contribution in [0.15, 0.2) is 146 Å². The highest BCUT2D eigenvalue weighted by Gasteiger charge is 2.48. The maximum Gasteiger partial charge on any atom is 0.252 e. The predicted octanol–water partition coefficient (Wildman–Crippen LogP) is 13.6. The highest BCUT2D eigenvalue weighted by molar-refractivity contribution is 7.03. The van der Waals surface area contributed by atoms with Gasteiger partial charge in [0.05, 0.1) is 11.0 Å². The Morgan fingerprint density at radius 2 is 0.676 bits per heavy atom. The summed E-state index contributed by atoms with van der Waals surface area (Å²) in [6.45, 7) is 27.7. The summed E-state index contributed by atoms with van der Waals surface area (Å²) in [5.74, 6) is 0. The molecule has 4 aliphatic heterocycles. The molecule has 4 nitrogen and oxygen atoms in total. The smallest absolute Gasteiger partial charge is 0.252 e. The molecule has 0 N–H and O–H groups in total. The van der Waals surface area contributed by atoms with Gasteiger partial charge in [-0.2, -0.15) is 0 Å². The first kappa shape index (κ1) is 43.9. The Morgan fingerprint density at radius 3 is 1.07 bits per heavy atom. The molecule has 4 aliphatic rings. The zero-order chi connectivity index (χ0) is 50.8. The molecule has 0 amide bonds. The van der Waals surface area contributed by atoms with Gasteiger partial charge in [0.2, 0.25) is 0 Å². The first-order valence-corrected chi connectivity index (χ1v) is 26.8. The number of fused-ring (bicyclic) bond motifs is 14. The van der Waals surface area contributed by atoms with Crippen LogP contribution in [0.25, 0.3) is 55.0 Å². The van der Waals surface area contributed by atoms with Crippen LogP contribution >= 0.6 is 0 Å². The third-order valence-electron chi connectivity index (χ3n) is 17.4. The molecule has 0 saturated carbocycles. The highest BCUT2D eigenvalue weighted by atomic mass is 15.2. The minimum Gasteiger partial charge on any atom is -0.311 e. The molecule has 358 valence electrons. The van der Waals surface area contributed by atoms with E-state index in [4.69, 9.17) is 0 Å². The largest absolute Gasteiger partial charge is 0.311 e. The summed E-state index contributed by atoms with van der Waals surface area (Å²) in [6, 6.07) is 58.2. The summed E-state index contributed by atoms with van der Waals surface area (Å²) in [4.78, 5) is 5.28. The van der Waals surface area contributed by atoms with E-state index in [-0.39, 0.29) is 24.3 Å². The van der Waals surface area contributed by atoms with Gasteiger partial charge < -0.3 is 18.9 Å². The standard InChI is InChI=1S/C68H60B2N4/c1-37-13-19-45(20-14-37)71-57-36-58-52(35-51(57)69-53-29-41(5)27-49-47-25-39(3)17-23-55(47)73(65(49)53)61-33-43(67(7,8)9)31-59(71)63(61)69)70-54-30-42(6)28-50-48-26-40(4)18-24-56(48)74(66(50)54)62-34-44(68(10,11)12)32-60(64(62)70)72(58)46-21-15-38(2)16-22-46/h13-36H,1-12H3. The average molecular weight is 955 g/mol. The van der Waals surface area contributed by atoms with E-state index in [0.717, 1.165) is 0 Å². The van der Waals surface area contributed by atoms with Crippen molar-refractivity contribution in [3.8, 4) is 11.4 Å². The van der Waals surface area contributed by atoms with Crippen LogP contribution in [0.3, 0.4) is 0 Å². The van der Waals surface area contributed by atoms with Crippen LogP contribution in [-0.2, 0) is 10.8 Å². The molecule has 0 fully saturated rings. The van der Waals surface area contributed by atoms with Crippen LogP contribution < -0.4 is 42.6 Å².